The maximum atomic E-state index is 14.1. The molecule has 9 N–H and O–H groups in total. The summed E-state index contributed by atoms with van der Waals surface area (Å²) < 4.78 is 30.2. The molecule has 2 saturated heterocycles. The fourth-order valence-corrected chi connectivity index (χ4v) is 15.8. The predicted molar refractivity (Wildman–Crippen MR) is 329 cm³/mol. The second-order valence-electron chi connectivity index (χ2n) is 24.8. The van der Waals surface area contributed by atoms with Crippen molar-refractivity contribution in [1.82, 2.24) is 10.3 Å². The van der Waals surface area contributed by atoms with Gasteiger partial charge in [-0.3, -0.25) is 29.3 Å². The molecule has 12 rings (SSSR count). The van der Waals surface area contributed by atoms with Gasteiger partial charge in [-0.2, -0.15) is 0 Å². The number of benzene rings is 4. The topological polar surface area (TPSA) is 339 Å². The Kier molecular flexibility index (Phi) is 17.9. The van der Waals surface area contributed by atoms with Crippen LogP contribution in [0.1, 0.15) is 103 Å². The molecule has 7 aliphatic rings. The van der Waals surface area contributed by atoms with Crippen molar-refractivity contribution in [1.29, 1.82) is 0 Å². The number of ether oxygens (including phenoxy) is 5. The number of carbonyl (C=O) groups excluding carboxylic acids is 6. The van der Waals surface area contributed by atoms with Crippen LogP contribution in [0.15, 0.2) is 121 Å². The minimum atomic E-state index is -2.01. The van der Waals surface area contributed by atoms with Crippen LogP contribution in [-0.2, 0) is 67.3 Å². The Labute approximate surface area is 532 Å². The van der Waals surface area contributed by atoms with Crippen LogP contribution in [0, 0.1) is 40.4 Å². The molecule has 5 fully saturated rings. The van der Waals surface area contributed by atoms with Gasteiger partial charge in [-0.25, -0.2) is 14.6 Å². The third kappa shape index (κ3) is 12.2. The van der Waals surface area contributed by atoms with E-state index in [1.165, 1.54) is 29.5 Å². The van der Waals surface area contributed by atoms with Gasteiger partial charge in [0, 0.05) is 72.0 Å². The van der Waals surface area contributed by atoms with Crippen molar-refractivity contribution in [3.8, 4) is 17.6 Å². The largest absolute Gasteiger partial charge is 0.479 e. The Morgan fingerprint density at radius 2 is 1.63 bits per heavy atom. The molecule has 4 aromatic carbocycles. The lowest BCUT2D eigenvalue weighted by atomic mass is 9.46. The molecule has 0 spiro atoms. The van der Waals surface area contributed by atoms with Gasteiger partial charge in [-0.05, 0) is 109 Å². The lowest BCUT2D eigenvalue weighted by Crippen LogP contribution is -2.63. The number of amides is 4. The second-order valence-corrected chi connectivity index (χ2v) is 26.0. The van der Waals surface area contributed by atoms with Crippen molar-refractivity contribution in [3.63, 3.8) is 0 Å². The van der Waals surface area contributed by atoms with Gasteiger partial charge < -0.3 is 69.9 Å². The Hall–Kier alpha value is -8.48. The van der Waals surface area contributed by atoms with E-state index in [-0.39, 0.29) is 86.3 Å². The summed E-state index contributed by atoms with van der Waals surface area (Å²) in [6.07, 6.45) is -4.45. The van der Waals surface area contributed by atoms with Gasteiger partial charge in [0.1, 0.15) is 37.3 Å². The number of thiazole rings is 1. The molecule has 5 aromatic rings. The van der Waals surface area contributed by atoms with Crippen LogP contribution in [-0.4, -0.2) is 139 Å². The summed E-state index contributed by atoms with van der Waals surface area (Å²) in [5.74, 6) is 2.23. The minimum absolute atomic E-state index is 0.00429. The monoisotopic (exact) mass is 1280 g/mol. The molecule has 4 aliphatic carbocycles. The molecule has 1 aromatic heterocycles. The van der Waals surface area contributed by atoms with Gasteiger partial charge in [-0.1, -0.05) is 85.9 Å². The standard InChI is InChI=1S/C68H69N5O18S/c1-66-24-22-43(75)29-41(66)17-18-44-45-30-52-68(51(77)34-74,67(45,2)31-48(76)57(44)66)91-63(89-52)50-32-70-55(92-50)28-36-8-7-12-42(26-36)71-65(86)87-35-37-14-19-49(88-64-60(83)58(81)59(82)61(90-64)62(84)85)46(27-37)72-54(79)23-25-69-53(78)20-21-56(80)73-33-40-11-4-3-9-38(40)15-16-39-10-5-6-13-47(39)73/h3-14,19,22,24,26-27,29,32,44-45,48,52,57-61,63-64,74,76,81-83H,17-18,20-21,23,25,28,30-31,33-35H2,1-2H3,(H,69,78)(H,71,86)(H,72,79)(H,84,85)/t44-,45-,48-,52+,57+,58-,59-,60+,61-,63-,64+,66-,67-,68+/m0/s1. The summed E-state index contributed by atoms with van der Waals surface area (Å²) >= 11 is 1.32. The van der Waals surface area contributed by atoms with E-state index in [1.54, 1.807) is 53.6 Å². The third-order valence-electron chi connectivity index (χ3n) is 19.3. The molecular formula is C68H69N5O18S. The van der Waals surface area contributed by atoms with Gasteiger partial charge in [0.2, 0.25) is 24.0 Å². The predicted octanol–water partition coefficient (Wildman–Crippen LogP) is 5.53. The van der Waals surface area contributed by atoms with Crippen molar-refractivity contribution < 1.29 is 87.9 Å². The Balaban J connectivity index is 0.664. The van der Waals surface area contributed by atoms with Crippen molar-refractivity contribution in [2.24, 2.45) is 28.6 Å². The maximum Gasteiger partial charge on any atom is 0.411 e. The quantitative estimate of drug-likeness (QED) is 0.0487. The number of hydrogen-bond donors (Lipinski definition) is 9. The second kappa shape index (κ2) is 25.9. The molecule has 480 valence electrons. The highest BCUT2D eigenvalue weighted by atomic mass is 32.1. The number of ketones is 2. The lowest BCUT2D eigenvalue weighted by molar-refractivity contribution is -0.271. The number of allylic oxidation sites excluding steroid dienone is 4. The summed E-state index contributed by atoms with van der Waals surface area (Å²) in [5.41, 5.74) is 2.39. The van der Waals surface area contributed by atoms with Crippen molar-refractivity contribution in [3.05, 3.63) is 159 Å². The Morgan fingerprint density at radius 3 is 2.43 bits per heavy atom. The van der Waals surface area contributed by atoms with Crippen LogP contribution in [0.4, 0.5) is 21.9 Å². The van der Waals surface area contributed by atoms with Gasteiger partial charge in [-0.15, -0.1) is 11.3 Å². The van der Waals surface area contributed by atoms with E-state index < -0.39 is 102 Å². The van der Waals surface area contributed by atoms with Crippen LogP contribution in [0.2, 0.25) is 0 Å². The summed E-state index contributed by atoms with van der Waals surface area (Å²) in [6.45, 7) is 3.02. The molecule has 0 bridgehead atoms. The number of aliphatic carboxylic acids is 1. The zero-order valence-electron chi connectivity index (χ0n) is 50.2. The highest BCUT2D eigenvalue weighted by Gasteiger charge is 2.76. The highest BCUT2D eigenvalue weighted by Crippen LogP contribution is 2.70. The molecule has 3 saturated carbocycles. The normalized spacial score (nSPS) is 29.8. The van der Waals surface area contributed by atoms with E-state index in [2.05, 4.69) is 39.7 Å². The number of Topliss-reactive ketones (excluding diaryl/α,β-unsaturated/α-hetero) is 1. The fourth-order valence-electron chi connectivity index (χ4n) is 14.9. The highest BCUT2D eigenvalue weighted by molar-refractivity contribution is 7.11. The van der Waals surface area contributed by atoms with E-state index in [0.717, 1.165) is 28.7 Å². The summed E-state index contributed by atoms with van der Waals surface area (Å²) in [7, 11) is 0. The van der Waals surface area contributed by atoms with Gasteiger partial charge in [0.05, 0.1) is 40.0 Å². The lowest BCUT2D eigenvalue weighted by Gasteiger charge is -2.59. The van der Waals surface area contributed by atoms with Crippen LogP contribution in [0.25, 0.3) is 0 Å². The van der Waals surface area contributed by atoms with Crippen LogP contribution in [0.5, 0.6) is 5.75 Å². The molecule has 3 aliphatic heterocycles. The SMILES string of the molecule is C[C@]12C=CC(=O)C=C1CC[C@@H]1[C@@H]2[C@@H](O)C[C@@]2(C)[C@H]1C[C@H]1O[C@H](c3cnc(Cc4cccc(NC(=O)OCc5ccc(O[C@@H]6O[C@H](C(=O)O)[C@@H](O)[C@H](O)[C@H]6O)c(NC(=O)CCNC(=O)CCC(=O)N6Cc7ccccc7C#Cc7ccccc76)c5)c4)s3)O[C@]12C(=O)CO. The van der Waals surface area contributed by atoms with Gasteiger partial charge >= 0.3 is 12.1 Å². The molecule has 24 heteroatoms. The van der Waals surface area contributed by atoms with Crippen LogP contribution < -0.4 is 25.6 Å². The number of aromatic nitrogens is 1. The average molecular weight is 1280 g/mol. The average Bonchev–Trinajstić information content (AvgIpc) is 1.48. The number of aliphatic hydroxyl groups excluding tert-OH is 5. The summed E-state index contributed by atoms with van der Waals surface area (Å²) in [4.78, 5) is 99.0. The summed E-state index contributed by atoms with van der Waals surface area (Å²) in [5, 5.41) is 72.4. The Morgan fingerprint density at radius 1 is 0.848 bits per heavy atom. The van der Waals surface area contributed by atoms with E-state index in [9.17, 15) is 64.2 Å². The number of carbonyl (C=O) groups is 7. The number of nitrogens with zero attached hydrogens (tertiary/aromatic N) is 2. The number of hydrogen-bond acceptors (Lipinski definition) is 19. The van der Waals surface area contributed by atoms with Gasteiger partial charge in [0.15, 0.2) is 29.6 Å². The van der Waals surface area contributed by atoms with Crippen LogP contribution in [0.3, 0.4) is 0 Å². The van der Waals surface area contributed by atoms with Gasteiger partial charge in [0.25, 0.3) is 0 Å². The summed E-state index contributed by atoms with van der Waals surface area (Å²) in [6, 6.07) is 25.9. The number of carboxylic acid groups (broad SMARTS) is 1. The molecule has 23 nitrogen and oxygen atoms in total. The van der Waals surface area contributed by atoms with Crippen LogP contribution >= 0.6 is 11.3 Å². The molecule has 4 amide bonds. The number of aliphatic hydroxyl groups is 5. The fraction of sp³-hybridized carbons (Fsp3) is 0.412. The minimum Gasteiger partial charge on any atom is -0.479 e. The number of carboxylic acids is 1. The molecule has 0 radical (unpaired) electrons. The smallest absolute Gasteiger partial charge is 0.411 e. The Bertz CT molecular complexity index is 3900. The zero-order chi connectivity index (χ0) is 64.8. The first-order valence-electron chi connectivity index (χ1n) is 30.5. The van der Waals surface area contributed by atoms with Crippen molar-refractivity contribution in [2.75, 3.05) is 28.7 Å². The van der Waals surface area contributed by atoms with Crippen molar-refractivity contribution in [2.45, 2.75) is 133 Å². The third-order valence-corrected chi connectivity index (χ3v) is 20.3. The molecule has 4 heterocycles. The molecule has 14 atom stereocenters. The van der Waals surface area contributed by atoms with E-state index in [0.29, 0.717) is 51.6 Å². The molecular weight excluding hydrogens is 1210 g/mol. The number of para-hydroxylation sites is 1. The van der Waals surface area contributed by atoms with E-state index in [1.807, 2.05) is 55.5 Å². The number of fused-ring (bicyclic) bond motifs is 9. The number of anilines is 3. The number of rotatable bonds is 18. The first kappa shape index (κ1) is 63.7. The van der Waals surface area contributed by atoms with E-state index in [4.69, 9.17) is 23.7 Å². The first-order valence-corrected chi connectivity index (χ1v) is 31.3. The molecule has 92 heavy (non-hydrogen) atoms. The van der Waals surface area contributed by atoms with Crippen molar-refractivity contribution >= 4 is 69.7 Å². The first-order chi connectivity index (χ1) is 44.2. The number of nitrogens with one attached hydrogen (secondary N) is 3. The van der Waals surface area contributed by atoms with E-state index >= 15 is 0 Å². The zero-order valence-corrected chi connectivity index (χ0v) is 51.0. The molecule has 0 unspecified atom stereocenters. The maximum absolute atomic E-state index is 14.1.